The van der Waals surface area contributed by atoms with Crippen molar-refractivity contribution >= 4 is 39.3 Å². The molecule has 0 fully saturated rings. The van der Waals surface area contributed by atoms with Crippen LogP contribution in [0.1, 0.15) is 12.0 Å². The molecule has 0 aliphatic carbocycles. The lowest BCUT2D eigenvalue weighted by atomic mass is 9.71. The number of rotatable bonds is 6. The molecule has 0 aliphatic heterocycles. The average Bonchev–Trinajstić information content (AvgIpc) is 2.94. The van der Waals surface area contributed by atoms with Gasteiger partial charge in [0.25, 0.3) is 0 Å². The van der Waals surface area contributed by atoms with E-state index in [-0.39, 0.29) is 21.6 Å². The third-order valence-corrected chi connectivity index (χ3v) is 4.97. The molecule has 0 saturated heterocycles. The van der Waals surface area contributed by atoms with E-state index in [0.29, 0.717) is 23.3 Å². The molecule has 3 heterocycles. The predicted molar refractivity (Wildman–Crippen MR) is 99.0 cm³/mol. The summed E-state index contributed by atoms with van der Waals surface area (Å²) in [6.07, 6.45) is -0.0427. The Balaban J connectivity index is 2.09. The van der Waals surface area contributed by atoms with E-state index in [2.05, 4.69) is 9.97 Å². The molecular weight excluding hydrogens is 362 g/mol. The van der Waals surface area contributed by atoms with Gasteiger partial charge in [-0.15, -0.1) is 11.3 Å². The Bertz CT molecular complexity index is 900. The maximum atomic E-state index is 13.6. The van der Waals surface area contributed by atoms with Crippen LogP contribution in [0.25, 0.3) is 21.5 Å². The molecule has 3 aromatic heterocycles. The normalized spacial score (nSPS) is 11.8. The minimum Gasteiger partial charge on any atom is -0.398 e. The maximum absolute atomic E-state index is 13.6. The van der Waals surface area contributed by atoms with Crippen molar-refractivity contribution in [1.82, 2.24) is 9.97 Å². The first-order chi connectivity index (χ1) is 12.4. The first-order valence-corrected chi connectivity index (χ1v) is 8.76. The average molecular weight is 378 g/mol. The van der Waals surface area contributed by atoms with Crippen LogP contribution in [0, 0.1) is 0 Å². The zero-order valence-corrected chi connectivity index (χ0v) is 14.8. The minimum atomic E-state index is -4.53. The van der Waals surface area contributed by atoms with Gasteiger partial charge in [0.2, 0.25) is 0 Å². The number of nitrogens with zero attached hydrogens (tertiary/aromatic N) is 2. The number of ether oxygens (including phenoxy) is 1. The first-order valence-electron chi connectivity index (χ1n) is 7.94. The molecule has 0 saturated carbocycles. The van der Waals surface area contributed by atoms with Crippen LogP contribution in [0.3, 0.4) is 0 Å². The highest BCUT2D eigenvalue weighted by molar-refractivity contribution is 7.28. The molecule has 0 unspecified atom stereocenters. The molecule has 4 nitrogen and oxygen atoms in total. The van der Waals surface area contributed by atoms with Crippen molar-refractivity contribution in [3.63, 3.8) is 0 Å². The van der Waals surface area contributed by atoms with Gasteiger partial charge in [-0.25, -0.2) is 4.98 Å². The van der Waals surface area contributed by atoms with Gasteiger partial charge >= 0.3 is 6.18 Å². The number of aromatic nitrogens is 2. The van der Waals surface area contributed by atoms with Crippen LogP contribution in [0.4, 0.5) is 18.9 Å². The van der Waals surface area contributed by atoms with Crippen molar-refractivity contribution < 1.29 is 17.9 Å². The van der Waals surface area contributed by atoms with E-state index in [9.17, 15) is 13.2 Å². The highest BCUT2D eigenvalue weighted by Crippen LogP contribution is 2.40. The molecule has 0 spiro atoms. The Morgan fingerprint density at radius 1 is 1.35 bits per heavy atom. The Hall–Kier alpha value is -2.13. The number of fused-ring (bicyclic) bond motifs is 1. The molecule has 135 valence electrons. The van der Waals surface area contributed by atoms with Crippen LogP contribution >= 0.6 is 11.3 Å². The second-order valence-corrected chi connectivity index (χ2v) is 6.72. The number of alkyl halides is 3. The molecule has 0 atom stereocenters. The fraction of sp³-hybridized carbons (Fsp3) is 0.294. The highest BCUT2D eigenvalue weighted by atomic mass is 32.1. The summed E-state index contributed by atoms with van der Waals surface area (Å²) in [5, 5.41) is -0.0341. The second-order valence-electron chi connectivity index (χ2n) is 5.69. The monoisotopic (exact) mass is 378 g/mol. The predicted octanol–water partition coefficient (Wildman–Crippen LogP) is 3.74. The zero-order chi connectivity index (χ0) is 18.7. The van der Waals surface area contributed by atoms with E-state index in [1.54, 1.807) is 25.4 Å². The Morgan fingerprint density at radius 2 is 2.15 bits per heavy atom. The number of nitrogens with two attached hydrogens (primary N) is 1. The lowest BCUT2D eigenvalue weighted by molar-refractivity contribution is -0.136. The molecule has 1 radical (unpaired) electrons. The van der Waals surface area contributed by atoms with Gasteiger partial charge < -0.3 is 10.5 Å². The third-order valence-electron chi connectivity index (χ3n) is 3.87. The Labute approximate surface area is 153 Å². The topological polar surface area (TPSA) is 61.0 Å². The van der Waals surface area contributed by atoms with Crippen LogP contribution in [-0.4, -0.2) is 31.0 Å². The number of methoxy groups -OCH3 is 1. The van der Waals surface area contributed by atoms with Crippen LogP contribution in [0.15, 0.2) is 30.6 Å². The highest BCUT2D eigenvalue weighted by Gasteiger charge is 2.35. The van der Waals surface area contributed by atoms with E-state index in [1.807, 2.05) is 7.28 Å². The van der Waals surface area contributed by atoms with Crippen LogP contribution < -0.4 is 10.5 Å². The zero-order valence-electron chi connectivity index (χ0n) is 14.0. The summed E-state index contributed by atoms with van der Waals surface area (Å²) in [6, 6.07) is 4.37. The number of hydrogen-bond acceptors (Lipinski definition) is 5. The molecule has 2 N–H and O–H groups in total. The molecule has 26 heavy (non-hydrogen) atoms. The second kappa shape index (κ2) is 7.63. The van der Waals surface area contributed by atoms with Gasteiger partial charge in [-0.1, -0.05) is 6.32 Å². The van der Waals surface area contributed by atoms with Crippen LogP contribution in [-0.2, 0) is 10.9 Å². The van der Waals surface area contributed by atoms with Crippen molar-refractivity contribution in [2.75, 3.05) is 19.5 Å². The number of halogens is 3. The number of thiophene rings is 1. The van der Waals surface area contributed by atoms with Gasteiger partial charge in [0.05, 0.1) is 11.3 Å². The molecule has 9 heteroatoms. The van der Waals surface area contributed by atoms with E-state index >= 15 is 0 Å². The number of hydrogen-bond donors (Lipinski definition) is 1. The molecule has 0 bridgehead atoms. The largest absolute Gasteiger partial charge is 0.417 e. The van der Waals surface area contributed by atoms with E-state index < -0.39 is 11.7 Å². The first kappa shape index (κ1) is 18.7. The fourth-order valence-electron chi connectivity index (χ4n) is 2.64. The third kappa shape index (κ3) is 3.83. The maximum Gasteiger partial charge on any atom is 0.417 e. The quantitative estimate of drug-likeness (QED) is 0.524. The number of anilines is 1. The van der Waals surface area contributed by atoms with Crippen molar-refractivity contribution in [3.8, 4) is 11.3 Å². The van der Waals surface area contributed by atoms with Crippen molar-refractivity contribution in [1.29, 1.82) is 0 Å². The lowest BCUT2D eigenvalue weighted by Crippen LogP contribution is -2.15. The molecule has 3 rings (SSSR count). The van der Waals surface area contributed by atoms with Crippen LogP contribution in [0.5, 0.6) is 0 Å². The van der Waals surface area contributed by atoms with Gasteiger partial charge in [0.15, 0.2) is 7.28 Å². The summed E-state index contributed by atoms with van der Waals surface area (Å²) in [5.74, 6) is 0. The fourth-order valence-corrected chi connectivity index (χ4v) is 3.72. The van der Waals surface area contributed by atoms with E-state index in [4.69, 9.17) is 10.5 Å². The summed E-state index contributed by atoms with van der Waals surface area (Å²) in [7, 11) is 3.44. The smallest absolute Gasteiger partial charge is 0.398 e. The summed E-state index contributed by atoms with van der Waals surface area (Å²) < 4.78 is 46.5. The molecule has 0 aromatic carbocycles. The minimum absolute atomic E-state index is 0.0341. The van der Waals surface area contributed by atoms with Crippen LogP contribution in [0.2, 0.25) is 6.32 Å². The summed E-state index contributed by atoms with van der Waals surface area (Å²) in [4.78, 5) is 8.62. The van der Waals surface area contributed by atoms with Gasteiger partial charge in [-0.3, -0.25) is 4.98 Å². The SMILES string of the molecule is COCCC[B]c1sc2nc(-c3cccnc3)cc(C(F)(F)F)c2c1N. The lowest BCUT2D eigenvalue weighted by Gasteiger charge is -2.11. The Kier molecular flexibility index (Phi) is 5.48. The van der Waals surface area contributed by atoms with Crippen molar-refractivity contribution in [2.45, 2.75) is 18.9 Å². The molecule has 0 aliphatic rings. The Morgan fingerprint density at radius 3 is 2.81 bits per heavy atom. The van der Waals surface area contributed by atoms with E-state index in [1.165, 1.54) is 17.5 Å². The standard InChI is InChI=1S/C17H16BF3N3OS/c1-25-7-3-5-18-15-14(22)13-11(17(19,20)21)8-12(24-16(13)26-15)10-4-2-6-23-9-10/h2,4,6,8-9H,3,5,7,22H2,1H3. The summed E-state index contributed by atoms with van der Waals surface area (Å²) in [5.41, 5.74) is 6.14. The van der Waals surface area contributed by atoms with Gasteiger partial charge in [0, 0.05) is 42.7 Å². The molecule has 0 amide bonds. The van der Waals surface area contributed by atoms with Crippen molar-refractivity contribution in [2.24, 2.45) is 0 Å². The van der Waals surface area contributed by atoms with E-state index in [0.717, 1.165) is 12.5 Å². The number of pyridine rings is 2. The summed E-state index contributed by atoms with van der Waals surface area (Å²) >= 11 is 1.17. The van der Waals surface area contributed by atoms with Gasteiger partial charge in [-0.05, 0) is 29.4 Å². The molecular formula is C17H16BF3N3OS. The molecule has 3 aromatic rings. The summed E-state index contributed by atoms with van der Waals surface area (Å²) in [6.45, 7) is 0.582. The van der Waals surface area contributed by atoms with Crippen molar-refractivity contribution in [3.05, 3.63) is 36.2 Å². The number of nitrogen functional groups attached to an aromatic ring is 1. The van der Waals surface area contributed by atoms with Gasteiger partial charge in [0.1, 0.15) is 4.83 Å². The van der Waals surface area contributed by atoms with Gasteiger partial charge in [-0.2, -0.15) is 13.2 Å².